The number of likely N-dealkylation sites (tertiary alicyclic amines) is 1. The number of nitrogens with one attached hydrogen (secondary N) is 1. The number of nitrogens with zero attached hydrogens (tertiary/aromatic N) is 1. The zero-order valence-electron chi connectivity index (χ0n) is 11.5. The summed E-state index contributed by atoms with van der Waals surface area (Å²) in [5.41, 5.74) is -0.235. The zero-order chi connectivity index (χ0) is 15.9. The Bertz CT molecular complexity index is 830. The maximum absolute atomic E-state index is 13.3. The highest BCUT2D eigenvalue weighted by atomic mass is 19.1. The van der Waals surface area contributed by atoms with E-state index in [-0.39, 0.29) is 11.1 Å². The highest BCUT2D eigenvalue weighted by Gasteiger charge is 2.35. The largest absolute Gasteiger partial charge is 0.480 e. The standard InChI is InChI=1S/C15H13FN2O4/c16-8-3-4-9-10(7-13(19)17-11(9)6-8)14(20)18-5-1-2-12(18)15(21)22/h3-4,6-7,12H,1-2,5H2,(H,17,19)(H,21,22)/t12-/m0/s1. The number of aliphatic carboxylic acids is 1. The van der Waals surface area contributed by atoms with Gasteiger partial charge in [-0.2, -0.15) is 0 Å². The van der Waals surface area contributed by atoms with Crippen molar-refractivity contribution in [1.29, 1.82) is 0 Å². The van der Waals surface area contributed by atoms with Gasteiger partial charge in [-0.15, -0.1) is 0 Å². The summed E-state index contributed by atoms with van der Waals surface area (Å²) in [4.78, 5) is 39.2. The SMILES string of the molecule is O=C(O)[C@@H]1CCCN1C(=O)c1cc(=O)[nH]c2cc(F)ccc12. The third-order valence-electron chi connectivity index (χ3n) is 3.83. The number of halogens is 1. The highest BCUT2D eigenvalue weighted by molar-refractivity contribution is 6.07. The van der Waals surface area contributed by atoms with Gasteiger partial charge in [0.15, 0.2) is 0 Å². The first kappa shape index (κ1) is 14.2. The molecule has 1 aliphatic rings. The predicted molar refractivity (Wildman–Crippen MR) is 76.2 cm³/mol. The first-order valence-electron chi connectivity index (χ1n) is 6.84. The lowest BCUT2D eigenvalue weighted by Gasteiger charge is -2.22. The van der Waals surface area contributed by atoms with Gasteiger partial charge in [0, 0.05) is 18.0 Å². The number of benzene rings is 1. The number of pyridine rings is 1. The topological polar surface area (TPSA) is 90.5 Å². The number of carboxylic acid groups (broad SMARTS) is 1. The molecule has 2 aromatic rings. The molecule has 0 unspecified atom stereocenters. The van der Waals surface area contributed by atoms with E-state index in [9.17, 15) is 23.9 Å². The maximum atomic E-state index is 13.3. The van der Waals surface area contributed by atoms with E-state index in [0.29, 0.717) is 24.8 Å². The minimum absolute atomic E-state index is 0.0897. The van der Waals surface area contributed by atoms with Crippen molar-refractivity contribution >= 4 is 22.8 Å². The summed E-state index contributed by atoms with van der Waals surface area (Å²) >= 11 is 0. The van der Waals surface area contributed by atoms with Gasteiger partial charge >= 0.3 is 5.97 Å². The lowest BCUT2D eigenvalue weighted by Crippen LogP contribution is -2.40. The van der Waals surface area contributed by atoms with Crippen LogP contribution >= 0.6 is 0 Å². The van der Waals surface area contributed by atoms with Gasteiger partial charge < -0.3 is 15.0 Å². The molecule has 0 aliphatic carbocycles. The zero-order valence-corrected chi connectivity index (χ0v) is 11.5. The molecular weight excluding hydrogens is 291 g/mol. The Balaban J connectivity index is 2.11. The van der Waals surface area contributed by atoms with Crippen LogP contribution in [0.3, 0.4) is 0 Å². The van der Waals surface area contributed by atoms with Crippen LogP contribution in [0.15, 0.2) is 29.1 Å². The number of fused-ring (bicyclic) bond motifs is 1. The van der Waals surface area contributed by atoms with Crippen molar-refractivity contribution in [3.8, 4) is 0 Å². The number of amides is 1. The molecule has 0 radical (unpaired) electrons. The van der Waals surface area contributed by atoms with Crippen LogP contribution in [0, 0.1) is 5.82 Å². The second-order valence-electron chi connectivity index (χ2n) is 5.23. The Labute approximate surface area is 124 Å². The molecule has 2 N–H and O–H groups in total. The predicted octanol–water partition coefficient (Wildman–Crippen LogP) is 1.36. The quantitative estimate of drug-likeness (QED) is 0.876. The molecule has 0 saturated carbocycles. The van der Waals surface area contributed by atoms with Gasteiger partial charge in [0.2, 0.25) is 5.56 Å². The van der Waals surface area contributed by atoms with Gasteiger partial charge in [-0.25, -0.2) is 9.18 Å². The molecule has 1 atom stereocenters. The Morgan fingerprint density at radius 1 is 1.32 bits per heavy atom. The van der Waals surface area contributed by atoms with Crippen molar-refractivity contribution in [2.45, 2.75) is 18.9 Å². The Kier molecular flexibility index (Phi) is 3.40. The van der Waals surface area contributed by atoms with Crippen molar-refractivity contribution in [3.63, 3.8) is 0 Å². The van der Waals surface area contributed by atoms with Gasteiger partial charge in [0.25, 0.3) is 5.91 Å². The molecule has 1 amide bonds. The number of H-pyrrole nitrogens is 1. The van der Waals surface area contributed by atoms with Crippen LogP contribution in [0.25, 0.3) is 10.9 Å². The van der Waals surface area contributed by atoms with E-state index in [1.165, 1.54) is 17.0 Å². The molecule has 1 saturated heterocycles. The number of carbonyl (C=O) groups is 2. The van der Waals surface area contributed by atoms with E-state index in [4.69, 9.17) is 0 Å². The normalized spacial score (nSPS) is 17.9. The lowest BCUT2D eigenvalue weighted by atomic mass is 10.1. The molecule has 2 heterocycles. The van der Waals surface area contributed by atoms with Crippen LogP contribution in [0.4, 0.5) is 4.39 Å². The highest BCUT2D eigenvalue weighted by Crippen LogP contribution is 2.23. The number of aromatic amines is 1. The third-order valence-corrected chi connectivity index (χ3v) is 3.83. The van der Waals surface area contributed by atoms with E-state index >= 15 is 0 Å². The van der Waals surface area contributed by atoms with E-state index in [2.05, 4.69) is 4.98 Å². The summed E-state index contributed by atoms with van der Waals surface area (Å²) in [6.07, 6.45) is 0.981. The van der Waals surface area contributed by atoms with Crippen molar-refractivity contribution in [2.75, 3.05) is 6.54 Å². The number of rotatable bonds is 2. The minimum Gasteiger partial charge on any atom is -0.480 e. The van der Waals surface area contributed by atoms with Gasteiger partial charge in [0.05, 0.1) is 11.1 Å². The molecule has 114 valence electrons. The Morgan fingerprint density at radius 2 is 2.09 bits per heavy atom. The van der Waals surface area contributed by atoms with Crippen LogP contribution in [-0.2, 0) is 4.79 Å². The summed E-state index contributed by atoms with van der Waals surface area (Å²) in [5.74, 6) is -2.11. The molecule has 0 bridgehead atoms. The van der Waals surface area contributed by atoms with E-state index in [1.807, 2.05) is 0 Å². The number of hydrogen-bond donors (Lipinski definition) is 2. The van der Waals surface area contributed by atoms with Crippen molar-refractivity contribution in [3.05, 3.63) is 46.0 Å². The first-order valence-corrected chi connectivity index (χ1v) is 6.84. The number of aromatic nitrogens is 1. The lowest BCUT2D eigenvalue weighted by molar-refractivity contribution is -0.141. The molecule has 1 aromatic heterocycles. The Morgan fingerprint density at radius 3 is 2.82 bits per heavy atom. The first-order chi connectivity index (χ1) is 10.5. The second kappa shape index (κ2) is 5.25. The summed E-state index contributed by atoms with van der Waals surface area (Å²) in [5, 5.41) is 9.56. The molecule has 6 nitrogen and oxygen atoms in total. The van der Waals surface area contributed by atoms with Gasteiger partial charge in [-0.05, 0) is 31.0 Å². The molecule has 1 aliphatic heterocycles. The molecule has 1 aromatic carbocycles. The molecular formula is C15H13FN2O4. The maximum Gasteiger partial charge on any atom is 0.326 e. The van der Waals surface area contributed by atoms with Crippen LogP contribution in [0.5, 0.6) is 0 Å². The van der Waals surface area contributed by atoms with Crippen LogP contribution in [0.2, 0.25) is 0 Å². The molecule has 3 rings (SSSR count). The smallest absolute Gasteiger partial charge is 0.326 e. The van der Waals surface area contributed by atoms with E-state index in [1.54, 1.807) is 0 Å². The second-order valence-corrected chi connectivity index (χ2v) is 5.23. The average Bonchev–Trinajstić information content (AvgIpc) is 2.94. The van der Waals surface area contributed by atoms with Gasteiger partial charge in [0.1, 0.15) is 11.9 Å². The van der Waals surface area contributed by atoms with Gasteiger partial charge in [-0.3, -0.25) is 9.59 Å². The fourth-order valence-electron chi connectivity index (χ4n) is 2.83. The van der Waals surface area contributed by atoms with E-state index in [0.717, 1.165) is 12.1 Å². The number of carbonyl (C=O) groups excluding carboxylic acids is 1. The summed E-state index contributed by atoms with van der Waals surface area (Å²) in [7, 11) is 0. The number of hydrogen-bond acceptors (Lipinski definition) is 3. The van der Waals surface area contributed by atoms with Crippen molar-refractivity contribution in [2.24, 2.45) is 0 Å². The summed E-state index contributed by atoms with van der Waals surface area (Å²) in [6, 6.07) is 3.96. The third kappa shape index (κ3) is 2.34. The van der Waals surface area contributed by atoms with Crippen molar-refractivity contribution in [1.82, 2.24) is 9.88 Å². The van der Waals surface area contributed by atoms with E-state index < -0.39 is 29.3 Å². The Hall–Kier alpha value is -2.70. The van der Waals surface area contributed by atoms with Gasteiger partial charge in [-0.1, -0.05) is 0 Å². The molecule has 7 heteroatoms. The van der Waals surface area contributed by atoms with Crippen LogP contribution in [-0.4, -0.2) is 39.5 Å². The van der Waals surface area contributed by atoms with Crippen molar-refractivity contribution < 1.29 is 19.1 Å². The monoisotopic (exact) mass is 304 g/mol. The average molecular weight is 304 g/mol. The molecule has 1 fully saturated rings. The van der Waals surface area contributed by atoms with Crippen LogP contribution < -0.4 is 5.56 Å². The molecule has 0 spiro atoms. The molecule has 22 heavy (non-hydrogen) atoms. The van der Waals surface area contributed by atoms with Crippen LogP contribution in [0.1, 0.15) is 23.2 Å². The fraction of sp³-hybridized carbons (Fsp3) is 0.267. The summed E-state index contributed by atoms with van der Waals surface area (Å²) in [6.45, 7) is 0.325. The fourth-order valence-corrected chi connectivity index (χ4v) is 2.83. The number of carboxylic acids is 1. The summed E-state index contributed by atoms with van der Waals surface area (Å²) < 4.78 is 13.3. The minimum atomic E-state index is -1.06.